The van der Waals surface area contributed by atoms with Gasteiger partial charge in [0.15, 0.2) is 6.10 Å². The highest BCUT2D eigenvalue weighted by Crippen LogP contribution is 2.55. The average Bonchev–Trinajstić information content (AvgIpc) is 2.88. The fraction of sp³-hybridized carbons (Fsp3) is 0.632. The van der Waals surface area contributed by atoms with Gasteiger partial charge in [-0.2, -0.15) is 0 Å². The summed E-state index contributed by atoms with van der Waals surface area (Å²) in [5, 5.41) is 4.12. The molecule has 4 saturated carbocycles. The Kier molecular flexibility index (Phi) is 3.01. The molecule has 0 aromatic heterocycles. The van der Waals surface area contributed by atoms with Crippen LogP contribution in [0.3, 0.4) is 0 Å². The van der Waals surface area contributed by atoms with Gasteiger partial charge in [0.05, 0.1) is 0 Å². The van der Waals surface area contributed by atoms with Gasteiger partial charge < -0.3 is 10.1 Å². The lowest BCUT2D eigenvalue weighted by Gasteiger charge is -2.57. The molecule has 0 saturated heterocycles. The lowest BCUT2D eigenvalue weighted by molar-refractivity contribution is -0.133. The van der Waals surface area contributed by atoms with Crippen LogP contribution in [0.25, 0.3) is 0 Å². The summed E-state index contributed by atoms with van der Waals surface area (Å²) in [6.07, 6.45) is 7.93. The molecular weight excluding hydrogens is 310 g/mol. The Morgan fingerprint density at radius 1 is 1.13 bits per heavy atom. The zero-order valence-electron chi connectivity index (χ0n) is 13.2. The van der Waals surface area contributed by atoms with Crippen molar-refractivity contribution in [3.05, 3.63) is 28.8 Å². The number of halogens is 1. The second kappa shape index (κ2) is 4.89. The highest BCUT2D eigenvalue weighted by atomic mass is 35.5. The van der Waals surface area contributed by atoms with Crippen LogP contribution in [0.15, 0.2) is 18.2 Å². The van der Waals surface area contributed by atoms with Crippen molar-refractivity contribution in [2.45, 2.75) is 56.6 Å². The molecule has 1 heterocycles. The molecule has 0 unspecified atom stereocenters. The minimum absolute atomic E-state index is 0.0572. The molecule has 4 aliphatic carbocycles. The van der Waals surface area contributed by atoms with Crippen molar-refractivity contribution in [2.24, 2.45) is 17.8 Å². The number of rotatable bonds is 2. The van der Waals surface area contributed by atoms with Gasteiger partial charge in [-0.25, -0.2) is 0 Å². The van der Waals surface area contributed by atoms with Crippen molar-refractivity contribution < 1.29 is 9.53 Å². The maximum Gasteiger partial charge on any atom is 0.261 e. The molecule has 3 nitrogen and oxygen atoms in total. The van der Waals surface area contributed by atoms with E-state index in [0.29, 0.717) is 11.4 Å². The molecule has 1 aliphatic heterocycles. The fourth-order valence-electron chi connectivity index (χ4n) is 5.97. The first-order valence-electron chi connectivity index (χ1n) is 8.86. The Morgan fingerprint density at radius 2 is 1.78 bits per heavy atom. The molecular formula is C19H22ClNO2. The average molecular weight is 332 g/mol. The number of carbonyl (C=O) groups is 1. The standard InChI is InChI=1S/C19H22ClNO2/c20-15-1-2-16-14(6-15)7-17(23-16)18(22)21-19-8-11-3-12(9-19)5-13(4-11)10-19/h1-2,6,11-13,17H,3-5,7-10H2,(H,21,22)/t11?,12?,13?,17-,19?/m0/s1. The van der Waals surface area contributed by atoms with Crippen LogP contribution in [-0.4, -0.2) is 17.6 Å². The van der Waals surface area contributed by atoms with Gasteiger partial charge in [-0.15, -0.1) is 0 Å². The highest BCUT2D eigenvalue weighted by Gasteiger charge is 2.52. The van der Waals surface area contributed by atoms with Gasteiger partial charge in [0.2, 0.25) is 0 Å². The summed E-state index contributed by atoms with van der Waals surface area (Å²) in [6.45, 7) is 0. The number of hydrogen-bond donors (Lipinski definition) is 1. The first-order valence-corrected chi connectivity index (χ1v) is 9.23. The Bertz CT molecular complexity index is 636. The van der Waals surface area contributed by atoms with Crippen LogP contribution >= 0.6 is 11.6 Å². The highest BCUT2D eigenvalue weighted by molar-refractivity contribution is 6.30. The number of fused-ring (bicyclic) bond motifs is 1. The van der Waals surface area contributed by atoms with Crippen LogP contribution in [0.1, 0.15) is 44.1 Å². The van der Waals surface area contributed by atoms with Crippen molar-refractivity contribution in [1.29, 1.82) is 0 Å². The van der Waals surface area contributed by atoms with E-state index in [2.05, 4.69) is 5.32 Å². The quantitative estimate of drug-likeness (QED) is 0.896. The molecule has 6 rings (SSSR count). The van der Waals surface area contributed by atoms with Gasteiger partial charge in [0.1, 0.15) is 5.75 Å². The monoisotopic (exact) mass is 331 g/mol. The number of carbonyl (C=O) groups excluding carboxylic acids is 1. The Balaban J connectivity index is 1.31. The van der Waals surface area contributed by atoms with Crippen LogP contribution in [0.4, 0.5) is 0 Å². The number of hydrogen-bond acceptors (Lipinski definition) is 2. The fourth-order valence-corrected chi connectivity index (χ4v) is 6.16. The van der Waals surface area contributed by atoms with E-state index in [1.54, 1.807) is 0 Å². The predicted molar refractivity (Wildman–Crippen MR) is 88.6 cm³/mol. The maximum atomic E-state index is 12.8. The van der Waals surface area contributed by atoms with E-state index in [1.807, 2.05) is 18.2 Å². The Morgan fingerprint density at radius 3 is 2.43 bits per heavy atom. The van der Waals surface area contributed by atoms with E-state index in [-0.39, 0.29) is 11.4 Å². The Labute approximate surface area is 141 Å². The molecule has 5 aliphatic rings. The third-order valence-electron chi connectivity index (χ3n) is 6.42. The number of amides is 1. The Hall–Kier alpha value is -1.22. The van der Waals surface area contributed by atoms with Crippen molar-refractivity contribution in [2.75, 3.05) is 0 Å². The van der Waals surface area contributed by atoms with Gasteiger partial charge in [-0.3, -0.25) is 4.79 Å². The molecule has 1 amide bonds. The van der Waals surface area contributed by atoms with E-state index in [4.69, 9.17) is 16.3 Å². The third-order valence-corrected chi connectivity index (χ3v) is 6.65. The lowest BCUT2D eigenvalue weighted by Crippen LogP contribution is -2.61. The second-order valence-electron chi connectivity index (χ2n) is 8.25. The summed E-state index contributed by atoms with van der Waals surface area (Å²) in [6, 6.07) is 5.60. The van der Waals surface area contributed by atoms with Crippen LogP contribution in [-0.2, 0) is 11.2 Å². The molecule has 4 heteroatoms. The summed E-state index contributed by atoms with van der Waals surface area (Å²) in [4.78, 5) is 12.8. The molecule has 4 bridgehead atoms. The molecule has 1 N–H and O–H groups in total. The molecule has 23 heavy (non-hydrogen) atoms. The minimum atomic E-state index is -0.392. The largest absolute Gasteiger partial charge is 0.480 e. The smallest absolute Gasteiger partial charge is 0.261 e. The van der Waals surface area contributed by atoms with Gasteiger partial charge in [-0.05, 0) is 80.0 Å². The van der Waals surface area contributed by atoms with E-state index in [9.17, 15) is 4.79 Å². The van der Waals surface area contributed by atoms with E-state index < -0.39 is 6.10 Å². The maximum absolute atomic E-state index is 12.8. The first kappa shape index (κ1) is 14.2. The number of ether oxygens (including phenoxy) is 1. The molecule has 1 aromatic rings. The summed E-state index contributed by atoms with van der Waals surface area (Å²) < 4.78 is 5.87. The molecule has 1 aromatic carbocycles. The molecule has 0 radical (unpaired) electrons. The van der Waals surface area contributed by atoms with E-state index in [1.165, 1.54) is 38.5 Å². The second-order valence-corrected chi connectivity index (χ2v) is 8.69. The molecule has 4 fully saturated rings. The number of benzene rings is 1. The zero-order valence-corrected chi connectivity index (χ0v) is 13.9. The van der Waals surface area contributed by atoms with Crippen molar-refractivity contribution in [3.63, 3.8) is 0 Å². The van der Waals surface area contributed by atoms with Crippen LogP contribution < -0.4 is 10.1 Å². The molecule has 1 atom stereocenters. The van der Waals surface area contributed by atoms with Crippen molar-refractivity contribution >= 4 is 17.5 Å². The van der Waals surface area contributed by atoms with E-state index >= 15 is 0 Å². The lowest BCUT2D eigenvalue weighted by atomic mass is 9.53. The minimum Gasteiger partial charge on any atom is -0.480 e. The molecule has 122 valence electrons. The van der Waals surface area contributed by atoms with Crippen molar-refractivity contribution in [1.82, 2.24) is 5.32 Å². The topological polar surface area (TPSA) is 38.3 Å². The van der Waals surface area contributed by atoms with E-state index in [0.717, 1.165) is 29.1 Å². The summed E-state index contributed by atoms with van der Waals surface area (Å²) in [7, 11) is 0. The van der Waals surface area contributed by atoms with Gasteiger partial charge in [-0.1, -0.05) is 11.6 Å². The van der Waals surface area contributed by atoms with Crippen LogP contribution in [0.2, 0.25) is 5.02 Å². The zero-order chi connectivity index (χ0) is 15.6. The summed E-state index contributed by atoms with van der Waals surface area (Å²) in [5.74, 6) is 3.38. The SMILES string of the molecule is O=C(NC12CC3CC(CC(C3)C1)C2)[C@@H]1Cc2cc(Cl)ccc2O1. The normalized spacial score (nSPS) is 39.9. The van der Waals surface area contributed by atoms with Crippen LogP contribution in [0, 0.1) is 17.8 Å². The third kappa shape index (κ3) is 2.36. The van der Waals surface area contributed by atoms with Crippen molar-refractivity contribution in [3.8, 4) is 5.75 Å². The van der Waals surface area contributed by atoms with Gasteiger partial charge in [0, 0.05) is 17.0 Å². The summed E-state index contributed by atoms with van der Waals surface area (Å²) in [5.41, 5.74) is 1.10. The van der Waals surface area contributed by atoms with Gasteiger partial charge in [0.25, 0.3) is 5.91 Å². The molecule has 0 spiro atoms. The summed E-state index contributed by atoms with van der Waals surface area (Å²) >= 11 is 6.04. The predicted octanol–water partition coefficient (Wildman–Crippen LogP) is 3.73. The first-order chi connectivity index (χ1) is 11.1. The number of nitrogens with one attached hydrogen (secondary N) is 1. The van der Waals surface area contributed by atoms with Crippen LogP contribution in [0.5, 0.6) is 5.75 Å². The van der Waals surface area contributed by atoms with Gasteiger partial charge >= 0.3 is 0 Å².